The predicted molar refractivity (Wildman–Crippen MR) is 60.4 cm³/mol. The number of esters is 1. The van der Waals surface area contributed by atoms with Crippen LogP contribution in [0.1, 0.15) is 12.5 Å². The number of rotatable bonds is 3. The third kappa shape index (κ3) is 6.01. The van der Waals surface area contributed by atoms with Gasteiger partial charge in [-0.2, -0.15) is 13.2 Å². The number of alkyl halides is 3. The molecule has 17 heavy (non-hydrogen) atoms. The Bertz CT molecular complexity index is 410. The predicted octanol–water partition coefficient (Wildman–Crippen LogP) is 3.84. The van der Waals surface area contributed by atoms with Crippen molar-refractivity contribution < 1.29 is 22.7 Å². The van der Waals surface area contributed by atoms with Crippen molar-refractivity contribution in [3.05, 3.63) is 35.2 Å². The van der Waals surface area contributed by atoms with Gasteiger partial charge in [0, 0.05) is 6.92 Å². The van der Waals surface area contributed by atoms with Gasteiger partial charge in [0.1, 0.15) is 5.75 Å². The van der Waals surface area contributed by atoms with Crippen LogP contribution in [-0.2, 0) is 4.79 Å². The van der Waals surface area contributed by atoms with Gasteiger partial charge in [0.2, 0.25) is 0 Å². The summed E-state index contributed by atoms with van der Waals surface area (Å²) >= 11 is -0.223. The lowest BCUT2D eigenvalue weighted by atomic mass is 10.2. The third-order valence-electron chi connectivity index (χ3n) is 1.60. The molecule has 0 radical (unpaired) electrons. The number of benzene rings is 1. The van der Waals surface area contributed by atoms with E-state index in [-0.39, 0.29) is 11.8 Å². The van der Waals surface area contributed by atoms with Crippen LogP contribution in [0.15, 0.2) is 29.7 Å². The average Bonchev–Trinajstić information content (AvgIpc) is 2.18. The number of carbonyl (C=O) groups is 1. The highest BCUT2D eigenvalue weighted by molar-refractivity contribution is 8.03. The molecule has 1 aromatic rings. The summed E-state index contributed by atoms with van der Waals surface area (Å²) in [5.41, 5.74) is -3.67. The molecule has 0 N–H and O–H groups in total. The molecular formula is C11H9F3O2S. The Balaban J connectivity index is 2.59. The van der Waals surface area contributed by atoms with Crippen LogP contribution in [0.25, 0.3) is 6.08 Å². The Morgan fingerprint density at radius 2 is 1.88 bits per heavy atom. The van der Waals surface area contributed by atoms with Crippen LogP contribution in [-0.4, -0.2) is 11.5 Å². The molecule has 0 atom stereocenters. The average molecular weight is 262 g/mol. The fourth-order valence-electron chi connectivity index (χ4n) is 1.00. The smallest absolute Gasteiger partial charge is 0.427 e. The molecule has 6 heteroatoms. The van der Waals surface area contributed by atoms with Gasteiger partial charge in [0.25, 0.3) is 0 Å². The molecule has 0 aliphatic heterocycles. The van der Waals surface area contributed by atoms with Crippen LogP contribution in [0.4, 0.5) is 13.2 Å². The fourth-order valence-corrected chi connectivity index (χ4v) is 1.38. The van der Waals surface area contributed by atoms with E-state index in [4.69, 9.17) is 4.74 Å². The van der Waals surface area contributed by atoms with E-state index in [0.717, 1.165) is 5.41 Å². The van der Waals surface area contributed by atoms with E-state index in [1.165, 1.54) is 25.1 Å². The summed E-state index contributed by atoms with van der Waals surface area (Å²) < 4.78 is 40.2. The van der Waals surface area contributed by atoms with Crippen LogP contribution in [0, 0.1) is 0 Å². The van der Waals surface area contributed by atoms with Crippen molar-refractivity contribution in [3.63, 3.8) is 0 Å². The van der Waals surface area contributed by atoms with E-state index in [0.29, 0.717) is 11.3 Å². The van der Waals surface area contributed by atoms with Crippen molar-refractivity contribution in [3.8, 4) is 5.75 Å². The molecule has 0 aliphatic rings. The number of carbonyl (C=O) groups excluding carboxylic acids is 1. The van der Waals surface area contributed by atoms with Crippen LogP contribution in [0.5, 0.6) is 5.75 Å². The molecule has 0 fully saturated rings. The molecule has 2 nitrogen and oxygen atoms in total. The maximum atomic E-state index is 11.8. The maximum absolute atomic E-state index is 11.8. The Morgan fingerprint density at radius 3 is 2.35 bits per heavy atom. The second kappa shape index (κ2) is 5.77. The van der Waals surface area contributed by atoms with Gasteiger partial charge < -0.3 is 4.74 Å². The molecule has 1 rings (SSSR count). The Hall–Kier alpha value is -1.43. The monoisotopic (exact) mass is 262 g/mol. The molecular weight excluding hydrogens is 253 g/mol. The molecule has 0 saturated carbocycles. The van der Waals surface area contributed by atoms with E-state index in [2.05, 4.69) is 0 Å². The zero-order valence-corrected chi connectivity index (χ0v) is 9.64. The largest absolute Gasteiger partial charge is 0.445 e. The molecule has 0 amide bonds. The standard InChI is InChI=1S/C11H9F3O2S/c1-8(15)16-10-4-2-9(3-5-10)6-7-17-11(12,13)14/h2-7H,1H3/b7-6+. The number of thioether (sulfide) groups is 1. The quantitative estimate of drug-likeness (QED) is 0.611. The van der Waals surface area contributed by atoms with Crippen molar-refractivity contribution in [1.82, 2.24) is 0 Å². The van der Waals surface area contributed by atoms with E-state index < -0.39 is 11.5 Å². The summed E-state index contributed by atoms with van der Waals surface area (Å²) in [6.07, 6.45) is 1.33. The number of hydrogen-bond acceptors (Lipinski definition) is 3. The molecule has 0 spiro atoms. The topological polar surface area (TPSA) is 26.3 Å². The molecule has 92 valence electrons. The molecule has 0 heterocycles. The first-order chi connectivity index (χ1) is 7.87. The number of halogens is 3. The molecule has 1 aromatic carbocycles. The molecule has 0 aromatic heterocycles. The summed E-state index contributed by atoms with van der Waals surface area (Å²) in [5, 5.41) is 0.959. The van der Waals surface area contributed by atoms with Crippen molar-refractivity contribution in [2.24, 2.45) is 0 Å². The normalized spacial score (nSPS) is 11.8. The van der Waals surface area contributed by atoms with Gasteiger partial charge in [-0.05, 0) is 40.9 Å². The summed E-state index contributed by atoms with van der Waals surface area (Å²) in [6, 6.07) is 6.15. The molecule has 0 saturated heterocycles. The first kappa shape index (κ1) is 13.6. The van der Waals surface area contributed by atoms with E-state index in [1.54, 1.807) is 12.1 Å². The van der Waals surface area contributed by atoms with Crippen LogP contribution >= 0.6 is 11.8 Å². The minimum Gasteiger partial charge on any atom is -0.427 e. The highest BCUT2D eigenvalue weighted by atomic mass is 32.2. The number of ether oxygens (including phenoxy) is 1. The molecule has 0 unspecified atom stereocenters. The van der Waals surface area contributed by atoms with Gasteiger partial charge in [-0.3, -0.25) is 4.79 Å². The lowest BCUT2D eigenvalue weighted by molar-refractivity contribution is -0.131. The third-order valence-corrected chi connectivity index (χ3v) is 2.14. The lowest BCUT2D eigenvalue weighted by Gasteiger charge is -2.01. The van der Waals surface area contributed by atoms with Crippen LogP contribution in [0.2, 0.25) is 0 Å². The Kier molecular flexibility index (Phi) is 4.62. The van der Waals surface area contributed by atoms with Gasteiger partial charge in [-0.15, -0.1) is 0 Å². The van der Waals surface area contributed by atoms with Crippen LogP contribution in [0.3, 0.4) is 0 Å². The Labute approximate surface area is 100 Å². The summed E-state index contributed by atoms with van der Waals surface area (Å²) in [6.45, 7) is 1.27. The molecule has 0 aliphatic carbocycles. The second-order valence-electron chi connectivity index (χ2n) is 3.03. The SMILES string of the molecule is CC(=O)Oc1ccc(/C=C/SC(F)(F)F)cc1. The van der Waals surface area contributed by atoms with E-state index in [1.807, 2.05) is 0 Å². The van der Waals surface area contributed by atoms with Gasteiger partial charge in [-0.25, -0.2) is 0 Å². The minimum atomic E-state index is -4.27. The first-order valence-corrected chi connectivity index (χ1v) is 5.44. The molecule has 0 bridgehead atoms. The summed E-state index contributed by atoms with van der Waals surface area (Å²) in [4.78, 5) is 10.6. The fraction of sp³-hybridized carbons (Fsp3) is 0.182. The Morgan fingerprint density at radius 1 is 1.29 bits per heavy atom. The zero-order valence-electron chi connectivity index (χ0n) is 8.82. The number of hydrogen-bond donors (Lipinski definition) is 0. The highest BCUT2D eigenvalue weighted by Gasteiger charge is 2.26. The van der Waals surface area contributed by atoms with Crippen molar-refractivity contribution in [2.75, 3.05) is 0 Å². The van der Waals surface area contributed by atoms with Crippen LogP contribution < -0.4 is 4.74 Å². The maximum Gasteiger partial charge on any atom is 0.445 e. The van der Waals surface area contributed by atoms with Crippen molar-refractivity contribution in [1.29, 1.82) is 0 Å². The van der Waals surface area contributed by atoms with E-state index >= 15 is 0 Å². The highest BCUT2D eigenvalue weighted by Crippen LogP contribution is 2.31. The van der Waals surface area contributed by atoms with Gasteiger partial charge >= 0.3 is 11.5 Å². The van der Waals surface area contributed by atoms with Gasteiger partial charge in [0.15, 0.2) is 0 Å². The minimum absolute atomic E-state index is 0.223. The first-order valence-electron chi connectivity index (χ1n) is 4.56. The summed E-state index contributed by atoms with van der Waals surface area (Å²) in [5.74, 6) is -0.0842. The second-order valence-corrected chi connectivity index (χ2v) is 4.00. The van der Waals surface area contributed by atoms with Gasteiger partial charge in [-0.1, -0.05) is 12.1 Å². The van der Waals surface area contributed by atoms with Crippen molar-refractivity contribution in [2.45, 2.75) is 12.4 Å². The van der Waals surface area contributed by atoms with E-state index in [9.17, 15) is 18.0 Å². The summed E-state index contributed by atoms with van der Waals surface area (Å²) in [7, 11) is 0. The van der Waals surface area contributed by atoms with Gasteiger partial charge in [0.05, 0.1) is 0 Å². The van der Waals surface area contributed by atoms with Crippen molar-refractivity contribution >= 4 is 23.8 Å². The zero-order chi connectivity index (χ0) is 12.9. The lowest BCUT2D eigenvalue weighted by Crippen LogP contribution is -2.00.